The van der Waals surface area contributed by atoms with E-state index in [9.17, 15) is 9.18 Å². The first-order valence-corrected chi connectivity index (χ1v) is 7.77. The van der Waals surface area contributed by atoms with Gasteiger partial charge >= 0.3 is 0 Å². The molecule has 0 N–H and O–H groups in total. The normalized spacial score (nSPS) is 56.1. The van der Waals surface area contributed by atoms with Gasteiger partial charge in [-0.1, -0.05) is 0 Å². The minimum absolute atomic E-state index is 0.130. The van der Waals surface area contributed by atoms with Crippen LogP contribution >= 0.6 is 0 Å². The second-order valence-electron chi connectivity index (χ2n) is 7.40. The molecule has 2 heteroatoms. The average Bonchev–Trinajstić information content (AvgIpc) is 3.05. The van der Waals surface area contributed by atoms with E-state index in [0.717, 1.165) is 42.4 Å². The first-order chi connectivity index (χ1) is 8.70. The largest absolute Gasteiger partial charge is 0.300 e. The molecule has 100 valence electrons. The zero-order valence-corrected chi connectivity index (χ0v) is 11.1. The minimum atomic E-state index is -0.130. The number of ketones is 1. The highest BCUT2D eigenvalue weighted by atomic mass is 19.1. The Morgan fingerprint density at radius 1 is 1.06 bits per heavy atom. The maximum absolute atomic E-state index is 12.6. The van der Waals surface area contributed by atoms with E-state index in [0.29, 0.717) is 23.5 Å². The summed E-state index contributed by atoms with van der Waals surface area (Å²) in [6.07, 6.45) is 5.90. The molecular weight excluding hydrogens is 227 g/mol. The van der Waals surface area contributed by atoms with Crippen molar-refractivity contribution in [2.45, 2.75) is 39.0 Å². The molecule has 0 radical (unpaired) electrons. The molecule has 1 nitrogen and oxygen atoms in total. The fourth-order valence-corrected chi connectivity index (χ4v) is 6.68. The summed E-state index contributed by atoms with van der Waals surface area (Å²) in [6, 6.07) is 0. The van der Waals surface area contributed by atoms with Crippen LogP contribution in [0.15, 0.2) is 0 Å². The topological polar surface area (TPSA) is 17.1 Å². The van der Waals surface area contributed by atoms with Gasteiger partial charge in [-0.05, 0) is 80.5 Å². The van der Waals surface area contributed by atoms with Crippen LogP contribution in [0.3, 0.4) is 0 Å². The Morgan fingerprint density at radius 2 is 1.72 bits per heavy atom. The van der Waals surface area contributed by atoms with Crippen LogP contribution in [0, 0.1) is 47.3 Å². The highest BCUT2D eigenvalue weighted by molar-refractivity contribution is 5.79. The van der Waals surface area contributed by atoms with Gasteiger partial charge in [0.05, 0.1) is 6.67 Å². The molecule has 4 aliphatic rings. The molecule has 0 saturated heterocycles. The number of carbonyl (C=O) groups is 1. The molecule has 0 aliphatic heterocycles. The quantitative estimate of drug-likeness (QED) is 0.701. The van der Waals surface area contributed by atoms with Gasteiger partial charge in [0, 0.05) is 5.92 Å². The van der Waals surface area contributed by atoms with Crippen molar-refractivity contribution in [2.24, 2.45) is 47.3 Å². The fraction of sp³-hybridized carbons (Fsp3) is 0.938. The van der Waals surface area contributed by atoms with Crippen LogP contribution in [0.4, 0.5) is 4.39 Å². The van der Waals surface area contributed by atoms with Gasteiger partial charge in [-0.2, -0.15) is 0 Å². The zero-order valence-electron chi connectivity index (χ0n) is 11.1. The number of Topliss-reactive ketones (excluding diaryl/α,β-unsaturated/α-hetero) is 1. The lowest BCUT2D eigenvalue weighted by molar-refractivity contribution is -0.123. The molecule has 0 aromatic heterocycles. The van der Waals surface area contributed by atoms with Gasteiger partial charge in [0.2, 0.25) is 0 Å². The number of carbonyl (C=O) groups excluding carboxylic acids is 1. The Hall–Kier alpha value is -0.400. The zero-order chi connectivity index (χ0) is 12.4. The molecule has 18 heavy (non-hydrogen) atoms. The summed E-state index contributed by atoms with van der Waals surface area (Å²) < 4.78 is 12.6. The lowest BCUT2D eigenvalue weighted by Gasteiger charge is -2.40. The molecule has 0 spiro atoms. The van der Waals surface area contributed by atoms with Crippen molar-refractivity contribution in [3.05, 3.63) is 0 Å². The summed E-state index contributed by atoms with van der Waals surface area (Å²) in [6.45, 7) is 1.66. The van der Waals surface area contributed by atoms with E-state index < -0.39 is 0 Å². The van der Waals surface area contributed by atoms with Crippen LogP contribution < -0.4 is 0 Å². The van der Waals surface area contributed by atoms with E-state index in [-0.39, 0.29) is 6.67 Å². The first-order valence-electron chi connectivity index (χ1n) is 7.77. The Bertz CT molecular complexity index is 377. The molecule has 0 aromatic carbocycles. The van der Waals surface area contributed by atoms with Gasteiger partial charge in [0.15, 0.2) is 0 Å². The Kier molecular flexibility index (Phi) is 2.41. The summed E-state index contributed by atoms with van der Waals surface area (Å²) in [4.78, 5) is 11.7. The van der Waals surface area contributed by atoms with E-state index in [1.807, 2.05) is 0 Å². The molecule has 0 heterocycles. The van der Waals surface area contributed by atoms with Crippen molar-refractivity contribution >= 4 is 5.78 Å². The van der Waals surface area contributed by atoms with Crippen LogP contribution in [0.1, 0.15) is 39.0 Å². The Labute approximate surface area is 109 Å². The molecule has 8 unspecified atom stereocenters. The molecule has 4 bridgehead atoms. The van der Waals surface area contributed by atoms with Crippen LogP contribution in [0.25, 0.3) is 0 Å². The van der Waals surface area contributed by atoms with Crippen molar-refractivity contribution < 1.29 is 9.18 Å². The number of alkyl halides is 1. The van der Waals surface area contributed by atoms with E-state index in [4.69, 9.17) is 0 Å². The molecule has 4 saturated carbocycles. The van der Waals surface area contributed by atoms with Crippen molar-refractivity contribution in [1.29, 1.82) is 0 Å². The lowest BCUT2D eigenvalue weighted by atomic mass is 9.64. The SMILES string of the molecule is CC(=O)C1CC2CC1C1C3CC(CCF)C(C3)C21. The third kappa shape index (κ3) is 1.30. The number of fused-ring (bicyclic) bond motifs is 9. The van der Waals surface area contributed by atoms with Crippen LogP contribution in [-0.2, 0) is 4.79 Å². The van der Waals surface area contributed by atoms with Gasteiger partial charge in [-0.25, -0.2) is 0 Å². The summed E-state index contributed by atoms with van der Waals surface area (Å²) >= 11 is 0. The standard InChI is InChI=1S/C16H23FO/c1-8(18)12-5-11-7-14(12)16-10-4-9(2-3-17)13(6-10)15(11)16/h9-16H,2-7H2,1H3. The second-order valence-corrected chi connectivity index (χ2v) is 7.40. The fourth-order valence-electron chi connectivity index (χ4n) is 6.68. The summed E-state index contributed by atoms with van der Waals surface area (Å²) in [5.74, 6) is 6.40. The smallest absolute Gasteiger partial charge is 0.133 e. The third-order valence-electron chi connectivity index (χ3n) is 6.96. The number of rotatable bonds is 3. The number of hydrogen-bond donors (Lipinski definition) is 0. The molecule has 4 fully saturated rings. The summed E-state index contributed by atoms with van der Waals surface area (Å²) in [7, 11) is 0. The van der Waals surface area contributed by atoms with E-state index in [2.05, 4.69) is 0 Å². The monoisotopic (exact) mass is 250 g/mol. The predicted octanol–water partition coefficient (Wildman–Crippen LogP) is 3.48. The van der Waals surface area contributed by atoms with E-state index >= 15 is 0 Å². The second kappa shape index (κ2) is 3.80. The molecule has 0 aromatic rings. The van der Waals surface area contributed by atoms with Crippen LogP contribution in [0.5, 0.6) is 0 Å². The molecule has 4 rings (SSSR count). The van der Waals surface area contributed by atoms with Gasteiger partial charge in [0.25, 0.3) is 0 Å². The Balaban J connectivity index is 1.58. The van der Waals surface area contributed by atoms with Crippen molar-refractivity contribution in [3.63, 3.8) is 0 Å². The molecule has 8 atom stereocenters. The van der Waals surface area contributed by atoms with Crippen molar-refractivity contribution in [2.75, 3.05) is 6.67 Å². The van der Waals surface area contributed by atoms with Crippen LogP contribution in [-0.4, -0.2) is 12.5 Å². The van der Waals surface area contributed by atoms with Gasteiger partial charge in [0.1, 0.15) is 5.78 Å². The summed E-state index contributed by atoms with van der Waals surface area (Å²) in [5, 5.41) is 0. The van der Waals surface area contributed by atoms with Gasteiger partial charge in [-0.3, -0.25) is 9.18 Å². The van der Waals surface area contributed by atoms with Gasteiger partial charge in [-0.15, -0.1) is 0 Å². The number of halogens is 1. The highest BCUT2D eigenvalue weighted by Gasteiger charge is 2.64. The molecular formula is C16H23FO. The van der Waals surface area contributed by atoms with E-state index in [1.54, 1.807) is 6.92 Å². The maximum Gasteiger partial charge on any atom is 0.133 e. The molecule has 4 aliphatic carbocycles. The predicted molar refractivity (Wildman–Crippen MR) is 67.7 cm³/mol. The highest BCUT2D eigenvalue weighted by Crippen LogP contribution is 2.70. The van der Waals surface area contributed by atoms with Crippen molar-refractivity contribution in [1.82, 2.24) is 0 Å². The Morgan fingerprint density at radius 3 is 2.44 bits per heavy atom. The van der Waals surface area contributed by atoms with E-state index in [1.165, 1.54) is 19.3 Å². The summed E-state index contributed by atoms with van der Waals surface area (Å²) in [5.41, 5.74) is 0. The third-order valence-corrected chi connectivity index (χ3v) is 6.96. The van der Waals surface area contributed by atoms with Crippen LogP contribution in [0.2, 0.25) is 0 Å². The lowest BCUT2D eigenvalue weighted by Crippen LogP contribution is -2.37. The number of hydrogen-bond acceptors (Lipinski definition) is 1. The minimum Gasteiger partial charge on any atom is -0.300 e. The average molecular weight is 250 g/mol. The first kappa shape index (κ1) is 11.4. The molecule has 0 amide bonds. The van der Waals surface area contributed by atoms with Gasteiger partial charge < -0.3 is 0 Å². The van der Waals surface area contributed by atoms with Crippen molar-refractivity contribution in [3.8, 4) is 0 Å². The maximum atomic E-state index is 12.6.